The Balaban J connectivity index is 2.36. The molecule has 0 bridgehead atoms. The number of carbonyl (C=O) groups excluding carboxylic acids is 1. The van der Waals surface area contributed by atoms with Crippen LogP contribution in [-0.2, 0) is 0 Å². The van der Waals surface area contributed by atoms with Crippen molar-refractivity contribution in [2.45, 2.75) is 19.3 Å². The van der Waals surface area contributed by atoms with Crippen molar-refractivity contribution < 1.29 is 9.18 Å². The smallest absolute Gasteiger partial charge is 0.190 e. The second-order valence-electron chi connectivity index (χ2n) is 3.57. The van der Waals surface area contributed by atoms with E-state index in [1.54, 1.807) is 0 Å². The third kappa shape index (κ3) is 2.10. The van der Waals surface area contributed by atoms with E-state index in [-0.39, 0.29) is 11.3 Å². The Morgan fingerprint density at radius 1 is 1.40 bits per heavy atom. The Bertz CT molecular complexity index is 437. The zero-order chi connectivity index (χ0) is 10.8. The van der Waals surface area contributed by atoms with E-state index in [4.69, 9.17) is 11.6 Å². The molecule has 15 heavy (non-hydrogen) atoms. The summed E-state index contributed by atoms with van der Waals surface area (Å²) < 4.78 is 13.0. The standard InChI is InChI=1S/C12H10ClFO/c13-11-6-5-9(14)7-10(11)12(15)8-3-1-2-4-8/h3,5-7H,1-2,4H2. The van der Waals surface area contributed by atoms with Gasteiger partial charge in [-0.15, -0.1) is 0 Å². The first kappa shape index (κ1) is 10.4. The van der Waals surface area contributed by atoms with Gasteiger partial charge in [-0.05, 0) is 43.0 Å². The largest absolute Gasteiger partial charge is 0.289 e. The van der Waals surface area contributed by atoms with Gasteiger partial charge in [0.2, 0.25) is 0 Å². The molecule has 0 N–H and O–H groups in total. The van der Waals surface area contributed by atoms with E-state index >= 15 is 0 Å². The van der Waals surface area contributed by atoms with Gasteiger partial charge in [0.25, 0.3) is 0 Å². The minimum absolute atomic E-state index is 0.142. The van der Waals surface area contributed by atoms with Crippen LogP contribution in [0.15, 0.2) is 29.8 Å². The molecule has 78 valence electrons. The molecule has 0 fully saturated rings. The summed E-state index contributed by atoms with van der Waals surface area (Å²) in [6, 6.07) is 3.87. The lowest BCUT2D eigenvalue weighted by Crippen LogP contribution is -2.03. The SMILES string of the molecule is O=C(C1=CCCC1)c1cc(F)ccc1Cl. The summed E-state index contributed by atoms with van der Waals surface area (Å²) in [5.74, 6) is -0.571. The molecule has 0 amide bonds. The summed E-state index contributed by atoms with van der Waals surface area (Å²) in [6.07, 6.45) is 4.59. The lowest BCUT2D eigenvalue weighted by molar-refractivity contribution is 0.103. The minimum atomic E-state index is -0.429. The molecule has 1 nitrogen and oxygen atoms in total. The van der Waals surface area contributed by atoms with Crippen LogP contribution in [0.1, 0.15) is 29.6 Å². The van der Waals surface area contributed by atoms with Crippen LogP contribution >= 0.6 is 11.6 Å². The predicted molar refractivity (Wildman–Crippen MR) is 57.7 cm³/mol. The average molecular weight is 225 g/mol. The molecule has 0 heterocycles. The van der Waals surface area contributed by atoms with Crippen LogP contribution in [0.2, 0.25) is 5.02 Å². The normalized spacial score (nSPS) is 15.2. The third-order valence-corrected chi connectivity index (χ3v) is 2.84. The number of Topliss-reactive ketones (excluding diaryl/α,β-unsaturated/α-hetero) is 1. The maximum atomic E-state index is 13.0. The first-order chi connectivity index (χ1) is 7.18. The Kier molecular flexibility index (Phi) is 2.87. The van der Waals surface area contributed by atoms with E-state index in [9.17, 15) is 9.18 Å². The zero-order valence-corrected chi connectivity index (χ0v) is 8.85. The second-order valence-corrected chi connectivity index (χ2v) is 3.98. The van der Waals surface area contributed by atoms with Crippen LogP contribution in [0.25, 0.3) is 0 Å². The molecule has 2 rings (SSSR count). The van der Waals surface area contributed by atoms with Crippen molar-refractivity contribution in [1.29, 1.82) is 0 Å². The third-order valence-electron chi connectivity index (χ3n) is 2.51. The van der Waals surface area contributed by atoms with E-state index in [0.29, 0.717) is 5.02 Å². The van der Waals surface area contributed by atoms with Crippen molar-refractivity contribution in [1.82, 2.24) is 0 Å². The summed E-state index contributed by atoms with van der Waals surface area (Å²) >= 11 is 5.85. The number of allylic oxidation sites excluding steroid dienone is 2. The molecule has 0 aromatic heterocycles. The molecule has 1 aliphatic carbocycles. The average Bonchev–Trinajstić information content (AvgIpc) is 2.74. The Hall–Kier alpha value is -1.15. The molecule has 1 aromatic carbocycles. The highest BCUT2D eigenvalue weighted by Crippen LogP contribution is 2.26. The summed E-state index contributed by atoms with van der Waals surface area (Å²) in [5.41, 5.74) is 1.02. The van der Waals surface area contributed by atoms with Gasteiger partial charge in [-0.1, -0.05) is 17.7 Å². The molecule has 1 aromatic rings. The number of carbonyl (C=O) groups is 1. The van der Waals surface area contributed by atoms with E-state index in [2.05, 4.69) is 0 Å². The van der Waals surface area contributed by atoms with E-state index in [0.717, 1.165) is 24.8 Å². The first-order valence-electron chi connectivity index (χ1n) is 4.87. The molecular weight excluding hydrogens is 215 g/mol. The number of benzene rings is 1. The van der Waals surface area contributed by atoms with Crippen molar-refractivity contribution in [3.05, 3.63) is 46.3 Å². The maximum absolute atomic E-state index is 13.0. The molecule has 0 radical (unpaired) electrons. The zero-order valence-electron chi connectivity index (χ0n) is 8.09. The van der Waals surface area contributed by atoms with Crippen LogP contribution in [0.5, 0.6) is 0 Å². The minimum Gasteiger partial charge on any atom is -0.289 e. The van der Waals surface area contributed by atoms with E-state index < -0.39 is 5.82 Å². The van der Waals surface area contributed by atoms with Gasteiger partial charge in [0, 0.05) is 5.56 Å². The Morgan fingerprint density at radius 3 is 2.87 bits per heavy atom. The summed E-state index contributed by atoms with van der Waals surface area (Å²) in [5, 5.41) is 0.314. The molecule has 1 aliphatic rings. The van der Waals surface area contributed by atoms with Gasteiger partial charge in [0.1, 0.15) is 5.82 Å². The molecule has 0 spiro atoms. The quantitative estimate of drug-likeness (QED) is 0.699. The molecule has 0 saturated heterocycles. The number of ketones is 1. The summed E-state index contributed by atoms with van der Waals surface area (Å²) in [7, 11) is 0. The predicted octanol–water partition coefficient (Wildman–Crippen LogP) is 3.77. The van der Waals surface area contributed by atoms with Gasteiger partial charge in [-0.2, -0.15) is 0 Å². The fourth-order valence-corrected chi connectivity index (χ4v) is 1.92. The number of halogens is 2. The van der Waals surface area contributed by atoms with Crippen molar-refractivity contribution in [3.8, 4) is 0 Å². The highest BCUT2D eigenvalue weighted by atomic mass is 35.5. The van der Waals surface area contributed by atoms with Gasteiger partial charge in [0.05, 0.1) is 5.02 Å². The monoisotopic (exact) mass is 224 g/mol. The number of hydrogen-bond donors (Lipinski definition) is 0. The second kappa shape index (κ2) is 4.15. The van der Waals surface area contributed by atoms with Gasteiger partial charge in [-0.3, -0.25) is 4.79 Å². The number of rotatable bonds is 2. The lowest BCUT2D eigenvalue weighted by Gasteiger charge is -2.04. The van der Waals surface area contributed by atoms with Crippen molar-refractivity contribution >= 4 is 17.4 Å². The molecule has 0 aliphatic heterocycles. The Labute approximate surface area is 92.6 Å². The van der Waals surface area contributed by atoms with Gasteiger partial charge in [0.15, 0.2) is 5.78 Å². The van der Waals surface area contributed by atoms with Crippen molar-refractivity contribution in [2.24, 2.45) is 0 Å². The topological polar surface area (TPSA) is 17.1 Å². The van der Waals surface area contributed by atoms with E-state index in [1.807, 2.05) is 6.08 Å². The fraction of sp³-hybridized carbons (Fsp3) is 0.250. The molecular formula is C12H10ClFO. The van der Waals surface area contributed by atoms with Crippen LogP contribution < -0.4 is 0 Å². The van der Waals surface area contributed by atoms with Crippen LogP contribution in [0, 0.1) is 5.82 Å². The van der Waals surface area contributed by atoms with Crippen LogP contribution in [0.3, 0.4) is 0 Å². The van der Waals surface area contributed by atoms with Gasteiger partial charge >= 0.3 is 0 Å². The molecule has 0 unspecified atom stereocenters. The van der Waals surface area contributed by atoms with Gasteiger partial charge in [-0.25, -0.2) is 4.39 Å². The lowest BCUT2D eigenvalue weighted by atomic mass is 10.0. The van der Waals surface area contributed by atoms with Crippen LogP contribution in [-0.4, -0.2) is 5.78 Å². The summed E-state index contributed by atoms with van der Waals surface area (Å²) in [6.45, 7) is 0. The maximum Gasteiger partial charge on any atom is 0.190 e. The highest BCUT2D eigenvalue weighted by molar-refractivity contribution is 6.34. The van der Waals surface area contributed by atoms with Gasteiger partial charge < -0.3 is 0 Å². The van der Waals surface area contributed by atoms with E-state index in [1.165, 1.54) is 18.2 Å². The fourth-order valence-electron chi connectivity index (χ4n) is 1.72. The molecule has 0 saturated carbocycles. The highest BCUT2D eigenvalue weighted by Gasteiger charge is 2.18. The molecule has 0 atom stereocenters. The molecule has 3 heteroatoms. The number of hydrogen-bond acceptors (Lipinski definition) is 1. The van der Waals surface area contributed by atoms with Crippen LogP contribution in [0.4, 0.5) is 4.39 Å². The first-order valence-corrected chi connectivity index (χ1v) is 5.25. The Morgan fingerprint density at radius 2 is 2.20 bits per heavy atom. The summed E-state index contributed by atoms with van der Waals surface area (Å²) in [4.78, 5) is 11.9. The van der Waals surface area contributed by atoms with Crippen molar-refractivity contribution in [2.75, 3.05) is 0 Å². The van der Waals surface area contributed by atoms with Crippen molar-refractivity contribution in [3.63, 3.8) is 0 Å².